The minimum Gasteiger partial charge on any atom is -0.497 e. The lowest BCUT2D eigenvalue weighted by atomic mass is 9.49. The van der Waals surface area contributed by atoms with Gasteiger partial charge in [0.25, 0.3) is 0 Å². The number of fused-ring (bicyclic) bond motifs is 1. The minimum absolute atomic E-state index is 0.108. The highest BCUT2D eigenvalue weighted by Gasteiger charge is 2.54. The first-order chi connectivity index (χ1) is 15.6. The first-order valence-electron chi connectivity index (χ1n) is 11.9. The molecule has 1 aromatic heterocycles. The zero-order chi connectivity index (χ0) is 21.7. The van der Waals surface area contributed by atoms with Crippen molar-refractivity contribution in [2.45, 2.75) is 45.1 Å². The molecule has 2 aromatic carbocycles. The summed E-state index contributed by atoms with van der Waals surface area (Å²) >= 11 is 0. The van der Waals surface area contributed by atoms with Gasteiger partial charge in [-0.25, -0.2) is 0 Å². The zero-order valence-corrected chi connectivity index (χ0v) is 18.6. The Labute approximate surface area is 189 Å². The average Bonchev–Trinajstić information content (AvgIpc) is 2.81. The first kappa shape index (κ1) is 19.8. The van der Waals surface area contributed by atoms with E-state index >= 15 is 0 Å². The number of ether oxygens (including phenoxy) is 1. The Bertz CT molecular complexity index is 1150. The molecule has 0 spiro atoms. The van der Waals surface area contributed by atoms with Gasteiger partial charge in [-0.3, -0.25) is 9.78 Å². The lowest BCUT2D eigenvalue weighted by Crippen LogP contribution is -2.53. The quantitative estimate of drug-likeness (QED) is 0.566. The maximum Gasteiger partial charge on any atom is 0.226 e. The summed E-state index contributed by atoms with van der Waals surface area (Å²) < 4.78 is 5.42. The topological polar surface area (TPSA) is 51.2 Å². The van der Waals surface area contributed by atoms with Crippen LogP contribution in [0.4, 0.5) is 0 Å². The Hall–Kier alpha value is -2.88. The Morgan fingerprint density at radius 1 is 1.03 bits per heavy atom. The Kier molecular flexibility index (Phi) is 4.71. The van der Waals surface area contributed by atoms with Gasteiger partial charge in [-0.1, -0.05) is 24.3 Å². The molecule has 1 amide bonds. The summed E-state index contributed by atoms with van der Waals surface area (Å²) in [6.07, 6.45) is 11.1. The summed E-state index contributed by atoms with van der Waals surface area (Å²) in [6.45, 7) is 0.557. The molecule has 4 bridgehead atoms. The van der Waals surface area contributed by atoms with Gasteiger partial charge in [0.15, 0.2) is 0 Å². The Morgan fingerprint density at radius 2 is 1.78 bits per heavy atom. The van der Waals surface area contributed by atoms with Crippen LogP contribution < -0.4 is 10.1 Å². The molecule has 4 heteroatoms. The fourth-order valence-corrected chi connectivity index (χ4v) is 7.20. The van der Waals surface area contributed by atoms with Crippen LogP contribution in [0.15, 0.2) is 54.9 Å². The van der Waals surface area contributed by atoms with E-state index in [9.17, 15) is 4.79 Å². The number of carbonyl (C=O) groups is 1. The lowest BCUT2D eigenvalue weighted by molar-refractivity contribution is -0.146. The molecule has 1 N–H and O–H groups in total. The molecular weight excluding hydrogens is 396 g/mol. The van der Waals surface area contributed by atoms with E-state index in [0.29, 0.717) is 6.54 Å². The van der Waals surface area contributed by atoms with Gasteiger partial charge in [0, 0.05) is 29.7 Å². The maximum atomic E-state index is 13.4. The van der Waals surface area contributed by atoms with E-state index in [1.165, 1.54) is 19.3 Å². The van der Waals surface area contributed by atoms with Crippen molar-refractivity contribution in [3.63, 3.8) is 0 Å². The molecule has 0 saturated heterocycles. The summed E-state index contributed by atoms with van der Waals surface area (Å²) in [5.74, 6) is 3.46. The van der Waals surface area contributed by atoms with Crippen LogP contribution in [0.5, 0.6) is 5.75 Å². The highest BCUT2D eigenvalue weighted by Crippen LogP contribution is 2.60. The zero-order valence-electron chi connectivity index (χ0n) is 18.6. The second kappa shape index (κ2) is 7.61. The normalized spacial score (nSPS) is 28.1. The number of nitrogens with one attached hydrogen (secondary N) is 1. The first-order valence-corrected chi connectivity index (χ1v) is 11.9. The number of carbonyl (C=O) groups excluding carboxylic acids is 1. The van der Waals surface area contributed by atoms with Crippen molar-refractivity contribution >= 4 is 16.7 Å². The smallest absolute Gasteiger partial charge is 0.226 e. The molecular formula is C28H30N2O2. The number of benzene rings is 2. The predicted molar refractivity (Wildman–Crippen MR) is 126 cm³/mol. The number of aromatic nitrogens is 1. The third-order valence-corrected chi connectivity index (χ3v) is 8.25. The second-order valence-electron chi connectivity index (χ2n) is 10.3. The summed E-state index contributed by atoms with van der Waals surface area (Å²) in [4.78, 5) is 17.8. The Morgan fingerprint density at radius 3 is 2.50 bits per heavy atom. The third kappa shape index (κ3) is 3.28. The molecule has 32 heavy (non-hydrogen) atoms. The number of hydrogen-bond donors (Lipinski definition) is 1. The van der Waals surface area contributed by atoms with Crippen molar-refractivity contribution in [2.24, 2.45) is 23.2 Å². The molecule has 7 rings (SSSR count). The molecule has 164 valence electrons. The number of rotatable bonds is 5. The van der Waals surface area contributed by atoms with Gasteiger partial charge < -0.3 is 10.1 Å². The van der Waals surface area contributed by atoms with Gasteiger partial charge in [-0.05, 0) is 96.6 Å². The van der Waals surface area contributed by atoms with Crippen molar-refractivity contribution in [1.29, 1.82) is 0 Å². The molecule has 0 atom stereocenters. The van der Waals surface area contributed by atoms with Crippen LogP contribution in [-0.2, 0) is 11.3 Å². The van der Waals surface area contributed by atoms with E-state index in [1.807, 2.05) is 24.5 Å². The highest BCUT2D eigenvalue weighted by atomic mass is 16.5. The molecule has 3 aromatic rings. The van der Waals surface area contributed by atoms with Crippen LogP contribution in [-0.4, -0.2) is 18.0 Å². The number of nitrogens with zero attached hydrogens (tertiary/aromatic N) is 1. The van der Waals surface area contributed by atoms with E-state index < -0.39 is 0 Å². The molecule has 0 radical (unpaired) electrons. The number of hydrogen-bond acceptors (Lipinski definition) is 3. The van der Waals surface area contributed by atoms with Crippen molar-refractivity contribution in [1.82, 2.24) is 10.3 Å². The highest BCUT2D eigenvalue weighted by molar-refractivity contribution is 5.98. The van der Waals surface area contributed by atoms with Crippen LogP contribution >= 0.6 is 0 Å². The van der Waals surface area contributed by atoms with Crippen LogP contribution in [0.2, 0.25) is 0 Å². The summed E-state index contributed by atoms with van der Waals surface area (Å²) in [5, 5.41) is 5.58. The number of pyridine rings is 1. The predicted octanol–water partition coefficient (Wildman–Crippen LogP) is 5.74. The van der Waals surface area contributed by atoms with E-state index in [4.69, 9.17) is 4.74 Å². The molecule has 4 nitrogen and oxygen atoms in total. The molecule has 4 aliphatic rings. The molecule has 4 fully saturated rings. The van der Waals surface area contributed by atoms with Gasteiger partial charge in [-0.2, -0.15) is 0 Å². The van der Waals surface area contributed by atoms with Crippen molar-refractivity contribution in [3.8, 4) is 16.9 Å². The molecule has 0 unspecified atom stereocenters. The van der Waals surface area contributed by atoms with E-state index in [2.05, 4.69) is 40.6 Å². The van der Waals surface area contributed by atoms with Crippen LogP contribution in [0, 0.1) is 23.2 Å². The number of amides is 1. The minimum atomic E-state index is -0.108. The Balaban J connectivity index is 1.27. The monoisotopic (exact) mass is 426 g/mol. The fraction of sp³-hybridized carbons (Fsp3) is 0.429. The van der Waals surface area contributed by atoms with Gasteiger partial charge >= 0.3 is 0 Å². The molecule has 0 aliphatic heterocycles. The second-order valence-corrected chi connectivity index (χ2v) is 10.3. The molecule has 4 saturated carbocycles. The van der Waals surface area contributed by atoms with E-state index in [0.717, 1.165) is 70.2 Å². The molecule has 1 heterocycles. The largest absolute Gasteiger partial charge is 0.497 e. The van der Waals surface area contributed by atoms with Crippen molar-refractivity contribution in [3.05, 3.63) is 60.4 Å². The molecule has 4 aliphatic carbocycles. The summed E-state index contributed by atoms with van der Waals surface area (Å²) in [5.41, 5.74) is 3.28. The van der Waals surface area contributed by atoms with Crippen LogP contribution in [0.3, 0.4) is 0 Å². The number of methoxy groups -OCH3 is 1. The van der Waals surface area contributed by atoms with Gasteiger partial charge in [0.2, 0.25) is 5.91 Å². The van der Waals surface area contributed by atoms with E-state index in [1.54, 1.807) is 7.11 Å². The van der Waals surface area contributed by atoms with E-state index in [-0.39, 0.29) is 11.3 Å². The summed E-state index contributed by atoms with van der Waals surface area (Å²) in [7, 11) is 1.69. The van der Waals surface area contributed by atoms with Crippen LogP contribution in [0.25, 0.3) is 21.9 Å². The maximum absolute atomic E-state index is 13.4. The third-order valence-electron chi connectivity index (χ3n) is 8.25. The van der Waals surface area contributed by atoms with Gasteiger partial charge in [-0.15, -0.1) is 0 Å². The fourth-order valence-electron chi connectivity index (χ4n) is 7.20. The van der Waals surface area contributed by atoms with Gasteiger partial charge in [0.05, 0.1) is 7.11 Å². The van der Waals surface area contributed by atoms with Crippen molar-refractivity contribution < 1.29 is 9.53 Å². The van der Waals surface area contributed by atoms with Crippen LogP contribution in [0.1, 0.15) is 44.1 Å². The SMILES string of the molecule is COc1cccc(-c2ccc(CNC(=O)C34CC5CC(CC(C5)C3)C4)c3cnccc23)c1. The standard InChI is InChI=1S/C28H30N2O2/c1-32-23-4-2-3-21(12-23)24-6-5-22(26-17-29-8-7-25(24)26)16-30-27(31)28-13-18-9-19(14-28)11-20(10-18)15-28/h2-8,12,17-20H,9-11,13-16H2,1H3,(H,30,31). The van der Waals surface area contributed by atoms with Crippen molar-refractivity contribution in [2.75, 3.05) is 7.11 Å². The average molecular weight is 427 g/mol. The summed E-state index contributed by atoms with van der Waals surface area (Å²) in [6, 6.07) is 14.5. The lowest BCUT2D eigenvalue weighted by Gasteiger charge is -2.55. The van der Waals surface area contributed by atoms with Gasteiger partial charge in [0.1, 0.15) is 5.75 Å².